The van der Waals surface area contributed by atoms with Gasteiger partial charge in [0.15, 0.2) is 0 Å². The van der Waals surface area contributed by atoms with E-state index in [9.17, 15) is 0 Å². The summed E-state index contributed by atoms with van der Waals surface area (Å²) < 4.78 is 0. The lowest BCUT2D eigenvalue weighted by atomic mass is 9.93. The molecule has 0 aliphatic carbocycles. The predicted octanol–water partition coefficient (Wildman–Crippen LogP) is 3.37. The summed E-state index contributed by atoms with van der Waals surface area (Å²) in [6.07, 6.45) is 6.97. The van der Waals surface area contributed by atoms with Gasteiger partial charge >= 0.3 is 0 Å². The number of rotatable bonds is 4. The van der Waals surface area contributed by atoms with Crippen LogP contribution in [0.3, 0.4) is 0 Å². The van der Waals surface area contributed by atoms with Crippen molar-refractivity contribution in [2.75, 3.05) is 19.6 Å². The third-order valence-electron chi connectivity index (χ3n) is 4.93. The Kier molecular flexibility index (Phi) is 5.08. The molecule has 2 nitrogen and oxygen atoms in total. The molecule has 0 aromatic heterocycles. The van der Waals surface area contributed by atoms with Crippen LogP contribution >= 0.6 is 0 Å². The highest BCUT2D eigenvalue weighted by Gasteiger charge is 2.35. The fourth-order valence-corrected chi connectivity index (χ4v) is 4.00. The van der Waals surface area contributed by atoms with E-state index >= 15 is 0 Å². The second-order valence-electron chi connectivity index (χ2n) is 6.88. The maximum Gasteiger partial charge on any atom is 0.0224 e. The van der Waals surface area contributed by atoms with E-state index in [4.69, 9.17) is 0 Å². The third-order valence-corrected chi connectivity index (χ3v) is 4.93. The average Bonchev–Trinajstić information content (AvgIpc) is 2.36. The van der Waals surface area contributed by atoms with Gasteiger partial charge in [0.05, 0.1) is 0 Å². The van der Waals surface area contributed by atoms with Crippen molar-refractivity contribution in [1.29, 1.82) is 0 Å². The van der Waals surface area contributed by atoms with E-state index in [0.717, 1.165) is 24.0 Å². The zero-order valence-electron chi connectivity index (χ0n) is 12.9. The maximum atomic E-state index is 2.83. The Morgan fingerprint density at radius 1 is 1.11 bits per heavy atom. The van der Waals surface area contributed by atoms with Crippen LogP contribution in [0.2, 0.25) is 0 Å². The van der Waals surface area contributed by atoms with Crippen LogP contribution < -0.4 is 0 Å². The second-order valence-corrected chi connectivity index (χ2v) is 6.88. The van der Waals surface area contributed by atoms with Gasteiger partial charge < -0.3 is 0 Å². The minimum Gasteiger partial charge on any atom is -0.298 e. The predicted molar refractivity (Wildman–Crippen MR) is 78.9 cm³/mol. The third kappa shape index (κ3) is 3.27. The van der Waals surface area contributed by atoms with Crippen molar-refractivity contribution in [2.45, 2.75) is 77.9 Å². The van der Waals surface area contributed by atoms with Gasteiger partial charge in [-0.2, -0.15) is 0 Å². The summed E-state index contributed by atoms with van der Waals surface area (Å²) in [5.74, 6) is 0.821. The first-order valence-electron chi connectivity index (χ1n) is 8.11. The molecule has 0 aromatic rings. The first-order chi connectivity index (χ1) is 8.61. The maximum absolute atomic E-state index is 2.83. The molecule has 0 spiro atoms. The summed E-state index contributed by atoms with van der Waals surface area (Å²) in [5.41, 5.74) is 0. The molecule has 106 valence electrons. The van der Waals surface area contributed by atoms with Crippen molar-refractivity contribution >= 4 is 0 Å². The zero-order chi connectivity index (χ0) is 13.1. The number of piperazine rings is 1. The molecule has 0 N–H and O–H groups in total. The van der Waals surface area contributed by atoms with Gasteiger partial charge in [0, 0.05) is 31.2 Å². The Labute approximate surface area is 114 Å². The topological polar surface area (TPSA) is 6.48 Å². The summed E-state index contributed by atoms with van der Waals surface area (Å²) in [6.45, 7) is 13.5. The number of piperidine rings is 1. The number of hydrogen-bond donors (Lipinski definition) is 0. The molecule has 2 aliphatic heterocycles. The van der Waals surface area contributed by atoms with Gasteiger partial charge in [-0.15, -0.1) is 0 Å². The van der Waals surface area contributed by atoms with Gasteiger partial charge in [0.25, 0.3) is 0 Å². The Balaban J connectivity index is 1.99. The zero-order valence-corrected chi connectivity index (χ0v) is 12.9. The number of hydrogen-bond acceptors (Lipinski definition) is 2. The summed E-state index contributed by atoms with van der Waals surface area (Å²) in [7, 11) is 0. The molecule has 0 saturated carbocycles. The Morgan fingerprint density at radius 3 is 2.56 bits per heavy atom. The molecule has 0 radical (unpaired) electrons. The van der Waals surface area contributed by atoms with Gasteiger partial charge in [0.1, 0.15) is 0 Å². The molecule has 3 unspecified atom stereocenters. The minimum atomic E-state index is 0.763. The first-order valence-corrected chi connectivity index (χ1v) is 8.11. The van der Waals surface area contributed by atoms with Gasteiger partial charge in [-0.1, -0.05) is 27.2 Å². The van der Waals surface area contributed by atoms with E-state index in [1.807, 2.05) is 0 Å². The van der Waals surface area contributed by atoms with Crippen LogP contribution in [0.1, 0.15) is 59.8 Å². The Hall–Kier alpha value is -0.0800. The molecule has 2 fully saturated rings. The van der Waals surface area contributed by atoms with Gasteiger partial charge in [-0.25, -0.2) is 0 Å². The lowest BCUT2D eigenvalue weighted by Gasteiger charge is -2.50. The molecular formula is C16H32N2. The summed E-state index contributed by atoms with van der Waals surface area (Å²) in [6, 6.07) is 2.42. The van der Waals surface area contributed by atoms with E-state index in [-0.39, 0.29) is 0 Å². The summed E-state index contributed by atoms with van der Waals surface area (Å²) in [4.78, 5) is 5.60. The quantitative estimate of drug-likeness (QED) is 0.757. The fourth-order valence-electron chi connectivity index (χ4n) is 4.00. The highest BCUT2D eigenvalue weighted by molar-refractivity contribution is 4.92. The van der Waals surface area contributed by atoms with Crippen molar-refractivity contribution in [3.05, 3.63) is 0 Å². The monoisotopic (exact) mass is 252 g/mol. The first kappa shape index (κ1) is 14.3. The van der Waals surface area contributed by atoms with Crippen LogP contribution in [0, 0.1) is 5.92 Å². The molecule has 3 atom stereocenters. The molecule has 2 rings (SSSR count). The number of nitrogens with zero attached hydrogens (tertiary/aromatic N) is 2. The molecule has 0 aromatic carbocycles. The van der Waals surface area contributed by atoms with Crippen LogP contribution in [0.5, 0.6) is 0 Å². The van der Waals surface area contributed by atoms with E-state index in [0.29, 0.717) is 0 Å². The summed E-state index contributed by atoms with van der Waals surface area (Å²) in [5, 5.41) is 0. The SMILES string of the molecule is CCC1CN2CCCCC2CN1C(C)CC(C)C. The van der Waals surface area contributed by atoms with Crippen LogP contribution in [-0.4, -0.2) is 47.6 Å². The van der Waals surface area contributed by atoms with E-state index < -0.39 is 0 Å². The molecule has 2 saturated heterocycles. The standard InChI is InChI=1S/C16H32N2/c1-5-15-11-17-9-7-6-8-16(17)12-18(15)14(4)10-13(2)3/h13-16H,5-12H2,1-4H3. The van der Waals surface area contributed by atoms with Gasteiger partial charge in [0.2, 0.25) is 0 Å². The average molecular weight is 252 g/mol. The van der Waals surface area contributed by atoms with Crippen molar-refractivity contribution < 1.29 is 0 Å². The second kappa shape index (κ2) is 6.38. The molecule has 0 bridgehead atoms. The van der Waals surface area contributed by atoms with Gasteiger partial charge in [-0.05, 0) is 45.1 Å². The fraction of sp³-hybridized carbons (Fsp3) is 1.00. The van der Waals surface area contributed by atoms with Crippen LogP contribution in [0.4, 0.5) is 0 Å². The van der Waals surface area contributed by atoms with E-state index in [1.54, 1.807) is 0 Å². The number of fused-ring (bicyclic) bond motifs is 1. The molecule has 0 amide bonds. The molecule has 18 heavy (non-hydrogen) atoms. The van der Waals surface area contributed by atoms with E-state index in [2.05, 4.69) is 37.5 Å². The smallest absolute Gasteiger partial charge is 0.0224 e. The highest BCUT2D eigenvalue weighted by atomic mass is 15.3. The molecule has 2 heterocycles. The largest absolute Gasteiger partial charge is 0.298 e. The van der Waals surface area contributed by atoms with Gasteiger partial charge in [-0.3, -0.25) is 9.80 Å². The molecule has 2 heteroatoms. The van der Waals surface area contributed by atoms with Crippen molar-refractivity contribution in [3.8, 4) is 0 Å². The van der Waals surface area contributed by atoms with Crippen molar-refractivity contribution in [1.82, 2.24) is 9.80 Å². The highest BCUT2D eigenvalue weighted by Crippen LogP contribution is 2.28. The normalized spacial score (nSPS) is 32.5. The van der Waals surface area contributed by atoms with E-state index in [1.165, 1.54) is 51.7 Å². The lowest BCUT2D eigenvalue weighted by Crippen LogP contribution is -2.61. The van der Waals surface area contributed by atoms with Crippen molar-refractivity contribution in [3.63, 3.8) is 0 Å². The van der Waals surface area contributed by atoms with Crippen LogP contribution in [0.15, 0.2) is 0 Å². The molecular weight excluding hydrogens is 220 g/mol. The molecule has 2 aliphatic rings. The Morgan fingerprint density at radius 2 is 1.89 bits per heavy atom. The Bertz CT molecular complexity index is 251. The van der Waals surface area contributed by atoms with Crippen LogP contribution in [-0.2, 0) is 0 Å². The minimum absolute atomic E-state index is 0.763. The van der Waals surface area contributed by atoms with Crippen molar-refractivity contribution in [2.24, 2.45) is 5.92 Å². The lowest BCUT2D eigenvalue weighted by molar-refractivity contribution is -0.0156. The summed E-state index contributed by atoms with van der Waals surface area (Å²) >= 11 is 0. The van der Waals surface area contributed by atoms with Crippen LogP contribution in [0.25, 0.3) is 0 Å².